The van der Waals surface area contributed by atoms with Gasteiger partial charge in [-0.1, -0.05) is 0 Å². The highest BCUT2D eigenvalue weighted by Crippen LogP contribution is 2.32. The molecule has 0 unspecified atom stereocenters. The maximum Gasteiger partial charge on any atom is 0.128 e. The molecular formula is C8H7BrFN. The van der Waals surface area contributed by atoms with E-state index in [4.69, 9.17) is 0 Å². The highest BCUT2D eigenvalue weighted by Gasteiger charge is 2.16. The fourth-order valence-corrected chi connectivity index (χ4v) is 1.85. The van der Waals surface area contributed by atoms with Crippen LogP contribution in [0.15, 0.2) is 16.6 Å². The molecule has 0 radical (unpaired) electrons. The van der Waals surface area contributed by atoms with Crippen LogP contribution in [0.4, 0.5) is 10.1 Å². The molecule has 1 aromatic rings. The highest BCUT2D eigenvalue weighted by atomic mass is 79.9. The maximum absolute atomic E-state index is 13.0. The predicted octanol–water partition coefficient (Wildman–Crippen LogP) is 2.56. The SMILES string of the molecule is Fc1ccc(Br)c2c1CCN2. The average Bonchev–Trinajstić information content (AvgIpc) is 2.45. The van der Waals surface area contributed by atoms with Crippen molar-refractivity contribution in [3.8, 4) is 0 Å². The Balaban J connectivity index is 2.64. The molecule has 0 saturated carbocycles. The van der Waals surface area contributed by atoms with Gasteiger partial charge in [0.2, 0.25) is 0 Å². The lowest BCUT2D eigenvalue weighted by Crippen LogP contribution is -1.91. The number of hydrogen-bond donors (Lipinski definition) is 1. The zero-order valence-corrected chi connectivity index (χ0v) is 7.41. The first-order chi connectivity index (χ1) is 5.29. The van der Waals surface area contributed by atoms with Crippen molar-refractivity contribution in [1.29, 1.82) is 0 Å². The Labute approximate surface area is 72.7 Å². The first-order valence-electron chi connectivity index (χ1n) is 3.50. The quantitative estimate of drug-likeness (QED) is 0.702. The second kappa shape index (κ2) is 2.48. The number of benzene rings is 1. The zero-order valence-electron chi connectivity index (χ0n) is 5.82. The molecule has 0 fully saturated rings. The molecule has 3 heteroatoms. The summed E-state index contributed by atoms with van der Waals surface area (Å²) < 4.78 is 14.0. The molecule has 2 rings (SSSR count). The third-order valence-corrected chi connectivity index (χ3v) is 2.54. The molecule has 1 heterocycles. The van der Waals surface area contributed by atoms with Gasteiger partial charge < -0.3 is 5.32 Å². The third-order valence-electron chi connectivity index (χ3n) is 1.88. The topological polar surface area (TPSA) is 12.0 Å². The largest absolute Gasteiger partial charge is 0.383 e. The summed E-state index contributed by atoms with van der Waals surface area (Å²) in [5.41, 5.74) is 1.73. The Bertz CT molecular complexity index is 269. The number of halogens is 2. The van der Waals surface area contributed by atoms with Crippen LogP contribution in [0.25, 0.3) is 0 Å². The average molecular weight is 216 g/mol. The van der Waals surface area contributed by atoms with E-state index in [9.17, 15) is 4.39 Å². The molecule has 1 N–H and O–H groups in total. The monoisotopic (exact) mass is 215 g/mol. The second-order valence-electron chi connectivity index (χ2n) is 2.56. The number of anilines is 1. The summed E-state index contributed by atoms with van der Waals surface area (Å²) in [4.78, 5) is 0. The van der Waals surface area contributed by atoms with Crippen LogP contribution in [0.1, 0.15) is 5.56 Å². The summed E-state index contributed by atoms with van der Waals surface area (Å²) in [7, 11) is 0. The predicted molar refractivity (Wildman–Crippen MR) is 46.3 cm³/mol. The van der Waals surface area contributed by atoms with Crippen molar-refractivity contribution in [1.82, 2.24) is 0 Å². The van der Waals surface area contributed by atoms with Gasteiger partial charge in [0.25, 0.3) is 0 Å². The van der Waals surface area contributed by atoms with Crippen LogP contribution in [0, 0.1) is 5.82 Å². The van der Waals surface area contributed by atoms with Crippen LogP contribution in [0.2, 0.25) is 0 Å². The summed E-state index contributed by atoms with van der Waals surface area (Å²) in [5, 5.41) is 3.12. The Morgan fingerprint density at radius 1 is 1.45 bits per heavy atom. The summed E-state index contributed by atoms with van der Waals surface area (Å²) >= 11 is 3.35. The molecule has 0 saturated heterocycles. The Morgan fingerprint density at radius 3 is 3.00 bits per heavy atom. The van der Waals surface area contributed by atoms with E-state index < -0.39 is 0 Å². The van der Waals surface area contributed by atoms with Gasteiger partial charge in [0.05, 0.1) is 5.69 Å². The van der Waals surface area contributed by atoms with Crippen molar-refractivity contribution in [2.24, 2.45) is 0 Å². The van der Waals surface area contributed by atoms with Crippen molar-refractivity contribution >= 4 is 21.6 Å². The molecule has 1 aliphatic heterocycles. The van der Waals surface area contributed by atoms with Crippen LogP contribution in [0.3, 0.4) is 0 Å². The molecule has 11 heavy (non-hydrogen) atoms. The van der Waals surface area contributed by atoms with Crippen LogP contribution < -0.4 is 5.32 Å². The van der Waals surface area contributed by atoms with E-state index in [1.165, 1.54) is 6.07 Å². The standard InChI is InChI=1S/C8H7BrFN/c9-6-1-2-7(10)5-3-4-11-8(5)6/h1-2,11H,3-4H2. The summed E-state index contributed by atoms with van der Waals surface area (Å²) in [6.45, 7) is 0.842. The lowest BCUT2D eigenvalue weighted by Gasteiger charge is -2.02. The van der Waals surface area contributed by atoms with Gasteiger partial charge in [-0.25, -0.2) is 4.39 Å². The lowest BCUT2D eigenvalue weighted by molar-refractivity contribution is 0.615. The van der Waals surface area contributed by atoms with Gasteiger partial charge in [0.15, 0.2) is 0 Å². The summed E-state index contributed by atoms with van der Waals surface area (Å²) in [6.07, 6.45) is 0.792. The van der Waals surface area contributed by atoms with E-state index in [0.717, 1.165) is 28.7 Å². The molecule has 0 bridgehead atoms. The van der Waals surface area contributed by atoms with Gasteiger partial charge in [-0.2, -0.15) is 0 Å². The minimum Gasteiger partial charge on any atom is -0.383 e. The molecule has 1 aliphatic rings. The van der Waals surface area contributed by atoms with Gasteiger partial charge in [-0.05, 0) is 34.5 Å². The molecule has 0 aliphatic carbocycles. The first-order valence-corrected chi connectivity index (χ1v) is 4.29. The van der Waals surface area contributed by atoms with Gasteiger partial charge in [0, 0.05) is 16.6 Å². The van der Waals surface area contributed by atoms with Crippen molar-refractivity contribution in [2.45, 2.75) is 6.42 Å². The molecule has 58 valence electrons. The Hall–Kier alpha value is -0.570. The van der Waals surface area contributed by atoms with Crippen molar-refractivity contribution in [3.05, 3.63) is 28.0 Å². The smallest absolute Gasteiger partial charge is 0.128 e. The van der Waals surface area contributed by atoms with E-state index in [-0.39, 0.29) is 5.82 Å². The number of rotatable bonds is 0. The van der Waals surface area contributed by atoms with Crippen LogP contribution in [-0.4, -0.2) is 6.54 Å². The number of hydrogen-bond acceptors (Lipinski definition) is 1. The maximum atomic E-state index is 13.0. The van der Waals surface area contributed by atoms with Crippen molar-refractivity contribution < 1.29 is 4.39 Å². The van der Waals surface area contributed by atoms with E-state index in [0.29, 0.717) is 0 Å². The molecular weight excluding hydrogens is 209 g/mol. The normalized spacial score (nSPS) is 14.4. The number of nitrogens with one attached hydrogen (secondary N) is 1. The lowest BCUT2D eigenvalue weighted by atomic mass is 10.1. The van der Waals surface area contributed by atoms with Gasteiger partial charge in [-0.15, -0.1) is 0 Å². The minimum atomic E-state index is -0.104. The third kappa shape index (κ3) is 1.03. The highest BCUT2D eigenvalue weighted by molar-refractivity contribution is 9.10. The molecule has 0 amide bonds. The number of fused-ring (bicyclic) bond motifs is 1. The van der Waals surface area contributed by atoms with E-state index in [1.807, 2.05) is 0 Å². The molecule has 0 aromatic heterocycles. The van der Waals surface area contributed by atoms with Crippen LogP contribution >= 0.6 is 15.9 Å². The fourth-order valence-electron chi connectivity index (χ4n) is 1.34. The second-order valence-corrected chi connectivity index (χ2v) is 3.41. The van der Waals surface area contributed by atoms with Crippen LogP contribution in [0.5, 0.6) is 0 Å². The fraction of sp³-hybridized carbons (Fsp3) is 0.250. The Kier molecular flexibility index (Phi) is 1.60. The summed E-state index contributed by atoms with van der Waals surface area (Å²) in [5.74, 6) is -0.104. The first kappa shape index (κ1) is 7.10. The molecule has 1 nitrogen and oxygen atoms in total. The Morgan fingerprint density at radius 2 is 2.27 bits per heavy atom. The van der Waals surface area contributed by atoms with Crippen molar-refractivity contribution in [3.63, 3.8) is 0 Å². The van der Waals surface area contributed by atoms with Crippen molar-refractivity contribution in [2.75, 3.05) is 11.9 Å². The van der Waals surface area contributed by atoms with Gasteiger partial charge in [-0.3, -0.25) is 0 Å². The van der Waals surface area contributed by atoms with Crippen LogP contribution in [-0.2, 0) is 6.42 Å². The van der Waals surface area contributed by atoms with Gasteiger partial charge >= 0.3 is 0 Å². The minimum absolute atomic E-state index is 0.104. The summed E-state index contributed by atoms with van der Waals surface area (Å²) in [6, 6.07) is 3.22. The molecule has 0 spiro atoms. The van der Waals surface area contributed by atoms with E-state index >= 15 is 0 Å². The van der Waals surface area contributed by atoms with E-state index in [2.05, 4.69) is 21.2 Å². The van der Waals surface area contributed by atoms with Gasteiger partial charge in [0.1, 0.15) is 5.82 Å². The zero-order chi connectivity index (χ0) is 7.84. The molecule has 0 atom stereocenters. The molecule has 1 aromatic carbocycles. The van der Waals surface area contributed by atoms with E-state index in [1.54, 1.807) is 6.07 Å².